The lowest BCUT2D eigenvalue weighted by Gasteiger charge is -2.33. The molecule has 0 saturated carbocycles. The SMILES string of the molecule is O=C1C=CC(N2CCCCC2F)=CC1. The van der Waals surface area contributed by atoms with Crippen LogP contribution in [0.5, 0.6) is 0 Å². The molecule has 0 spiro atoms. The molecule has 0 radical (unpaired) electrons. The van der Waals surface area contributed by atoms with Crippen LogP contribution in [-0.2, 0) is 4.79 Å². The van der Waals surface area contributed by atoms with Gasteiger partial charge in [-0.15, -0.1) is 0 Å². The maximum Gasteiger partial charge on any atom is 0.172 e. The fraction of sp³-hybridized carbons (Fsp3) is 0.545. The smallest absolute Gasteiger partial charge is 0.172 e. The molecule has 14 heavy (non-hydrogen) atoms. The number of likely N-dealkylation sites (tertiary alicyclic amines) is 1. The van der Waals surface area contributed by atoms with Crippen molar-refractivity contribution in [1.82, 2.24) is 4.90 Å². The first kappa shape index (κ1) is 9.44. The molecule has 0 N–H and O–H groups in total. The van der Waals surface area contributed by atoms with Gasteiger partial charge in [-0.3, -0.25) is 4.79 Å². The topological polar surface area (TPSA) is 20.3 Å². The van der Waals surface area contributed by atoms with E-state index < -0.39 is 6.30 Å². The predicted molar refractivity (Wildman–Crippen MR) is 52.3 cm³/mol. The number of carbonyl (C=O) groups is 1. The van der Waals surface area contributed by atoms with Crippen LogP contribution in [0, 0.1) is 0 Å². The van der Waals surface area contributed by atoms with Gasteiger partial charge in [-0.05, 0) is 31.4 Å². The van der Waals surface area contributed by atoms with Gasteiger partial charge < -0.3 is 4.90 Å². The molecule has 0 aromatic rings. The van der Waals surface area contributed by atoms with Crippen molar-refractivity contribution in [1.29, 1.82) is 0 Å². The van der Waals surface area contributed by atoms with E-state index in [1.165, 1.54) is 6.08 Å². The summed E-state index contributed by atoms with van der Waals surface area (Å²) in [6.07, 6.45) is 7.25. The van der Waals surface area contributed by atoms with Crippen LogP contribution in [0.25, 0.3) is 0 Å². The summed E-state index contributed by atoms with van der Waals surface area (Å²) in [7, 11) is 0. The molecule has 1 fully saturated rings. The lowest BCUT2D eigenvalue weighted by Crippen LogP contribution is -2.35. The van der Waals surface area contributed by atoms with Crippen molar-refractivity contribution in [3.63, 3.8) is 0 Å². The monoisotopic (exact) mass is 195 g/mol. The molecule has 2 rings (SSSR count). The Kier molecular flexibility index (Phi) is 2.66. The van der Waals surface area contributed by atoms with Crippen molar-refractivity contribution in [2.45, 2.75) is 32.0 Å². The molecule has 3 heteroatoms. The molecule has 1 heterocycles. The molecule has 0 amide bonds. The van der Waals surface area contributed by atoms with E-state index in [9.17, 15) is 9.18 Å². The Labute approximate surface area is 83.1 Å². The minimum atomic E-state index is -0.868. The van der Waals surface area contributed by atoms with Gasteiger partial charge in [0.15, 0.2) is 12.1 Å². The summed E-state index contributed by atoms with van der Waals surface area (Å²) in [5.41, 5.74) is 0.872. The zero-order chi connectivity index (χ0) is 9.97. The second kappa shape index (κ2) is 3.95. The van der Waals surface area contributed by atoms with Gasteiger partial charge in [0.25, 0.3) is 0 Å². The first-order valence-corrected chi connectivity index (χ1v) is 5.09. The molecule has 1 unspecified atom stereocenters. The van der Waals surface area contributed by atoms with Crippen molar-refractivity contribution in [2.24, 2.45) is 0 Å². The van der Waals surface area contributed by atoms with Crippen LogP contribution in [0.3, 0.4) is 0 Å². The quantitative estimate of drug-likeness (QED) is 0.598. The Morgan fingerprint density at radius 2 is 2.21 bits per heavy atom. The molecule has 1 aliphatic heterocycles. The number of carbonyl (C=O) groups excluding carboxylic acids is 1. The lowest BCUT2D eigenvalue weighted by molar-refractivity contribution is -0.114. The normalized spacial score (nSPS) is 27.8. The van der Waals surface area contributed by atoms with Crippen molar-refractivity contribution in [3.05, 3.63) is 23.9 Å². The zero-order valence-electron chi connectivity index (χ0n) is 8.08. The average molecular weight is 195 g/mol. The molecule has 1 aliphatic carbocycles. The van der Waals surface area contributed by atoms with Gasteiger partial charge >= 0.3 is 0 Å². The average Bonchev–Trinajstić information content (AvgIpc) is 2.20. The summed E-state index contributed by atoms with van der Waals surface area (Å²) in [5.74, 6) is 0.0983. The van der Waals surface area contributed by atoms with E-state index in [1.807, 2.05) is 6.08 Å². The summed E-state index contributed by atoms with van der Waals surface area (Å²) < 4.78 is 13.5. The van der Waals surface area contributed by atoms with E-state index >= 15 is 0 Å². The van der Waals surface area contributed by atoms with Crippen LogP contribution in [-0.4, -0.2) is 23.5 Å². The minimum absolute atomic E-state index is 0.0983. The number of halogens is 1. The Morgan fingerprint density at radius 1 is 1.36 bits per heavy atom. The standard InChI is InChI=1S/C11H14FNO/c12-11-3-1-2-8-13(11)9-4-6-10(14)7-5-9/h4-6,11H,1-3,7-8H2. The largest absolute Gasteiger partial charge is 0.342 e. The summed E-state index contributed by atoms with van der Waals surface area (Å²) in [6.45, 7) is 0.769. The zero-order valence-corrected chi connectivity index (χ0v) is 8.08. The number of allylic oxidation sites excluding steroid dienone is 3. The van der Waals surface area contributed by atoms with E-state index in [0.717, 1.165) is 25.1 Å². The summed E-state index contributed by atoms with van der Waals surface area (Å²) >= 11 is 0. The minimum Gasteiger partial charge on any atom is -0.342 e. The van der Waals surface area contributed by atoms with Gasteiger partial charge in [0.2, 0.25) is 0 Å². The fourth-order valence-corrected chi connectivity index (χ4v) is 1.91. The van der Waals surface area contributed by atoms with Crippen LogP contribution < -0.4 is 0 Å². The van der Waals surface area contributed by atoms with Gasteiger partial charge in [-0.25, -0.2) is 4.39 Å². The molecule has 1 atom stereocenters. The number of hydrogen-bond donors (Lipinski definition) is 0. The molecular weight excluding hydrogens is 181 g/mol. The highest BCUT2D eigenvalue weighted by molar-refractivity contribution is 5.92. The third-order valence-corrected chi connectivity index (χ3v) is 2.71. The highest BCUT2D eigenvalue weighted by Gasteiger charge is 2.23. The van der Waals surface area contributed by atoms with Crippen LogP contribution in [0.15, 0.2) is 23.9 Å². The Hall–Kier alpha value is -1.12. The first-order chi connectivity index (χ1) is 6.77. The molecule has 0 aromatic heterocycles. The van der Waals surface area contributed by atoms with E-state index in [1.54, 1.807) is 11.0 Å². The Bertz CT molecular complexity index is 296. The third kappa shape index (κ3) is 1.86. The second-order valence-corrected chi connectivity index (χ2v) is 3.76. The van der Waals surface area contributed by atoms with E-state index in [-0.39, 0.29) is 5.78 Å². The summed E-state index contributed by atoms with van der Waals surface area (Å²) in [5, 5.41) is 0. The van der Waals surface area contributed by atoms with Crippen LogP contribution in [0.1, 0.15) is 25.7 Å². The van der Waals surface area contributed by atoms with Gasteiger partial charge in [-0.2, -0.15) is 0 Å². The van der Waals surface area contributed by atoms with Gasteiger partial charge in [0.1, 0.15) is 0 Å². The van der Waals surface area contributed by atoms with Gasteiger partial charge in [-0.1, -0.05) is 6.08 Å². The number of piperidine rings is 1. The predicted octanol–water partition coefficient (Wildman–Crippen LogP) is 2.18. The Balaban J connectivity index is 2.07. The highest BCUT2D eigenvalue weighted by Crippen LogP contribution is 2.24. The van der Waals surface area contributed by atoms with Crippen molar-refractivity contribution < 1.29 is 9.18 Å². The van der Waals surface area contributed by atoms with Crippen molar-refractivity contribution in [2.75, 3.05) is 6.54 Å². The van der Waals surface area contributed by atoms with Crippen LogP contribution in [0.2, 0.25) is 0 Å². The van der Waals surface area contributed by atoms with Crippen LogP contribution >= 0.6 is 0 Å². The number of alkyl halides is 1. The molecule has 76 valence electrons. The molecule has 0 bridgehead atoms. The molecule has 2 aliphatic rings. The molecular formula is C11H14FNO. The van der Waals surface area contributed by atoms with Crippen LogP contribution in [0.4, 0.5) is 4.39 Å². The maximum atomic E-state index is 13.5. The van der Waals surface area contributed by atoms with E-state index in [0.29, 0.717) is 12.8 Å². The lowest BCUT2D eigenvalue weighted by atomic mass is 10.1. The molecule has 0 aromatic carbocycles. The fourth-order valence-electron chi connectivity index (χ4n) is 1.91. The second-order valence-electron chi connectivity index (χ2n) is 3.76. The van der Waals surface area contributed by atoms with Crippen molar-refractivity contribution >= 4 is 5.78 Å². The van der Waals surface area contributed by atoms with E-state index in [4.69, 9.17) is 0 Å². The number of hydrogen-bond acceptors (Lipinski definition) is 2. The van der Waals surface area contributed by atoms with Crippen molar-refractivity contribution in [3.8, 4) is 0 Å². The van der Waals surface area contributed by atoms with E-state index in [2.05, 4.69) is 0 Å². The molecule has 1 saturated heterocycles. The van der Waals surface area contributed by atoms with Gasteiger partial charge in [0.05, 0.1) is 0 Å². The van der Waals surface area contributed by atoms with Gasteiger partial charge in [0, 0.05) is 18.7 Å². The summed E-state index contributed by atoms with van der Waals surface area (Å²) in [6, 6.07) is 0. The summed E-state index contributed by atoms with van der Waals surface area (Å²) in [4.78, 5) is 12.7. The molecule has 2 nitrogen and oxygen atoms in total. The third-order valence-electron chi connectivity index (χ3n) is 2.71. The number of rotatable bonds is 1. The maximum absolute atomic E-state index is 13.5. The first-order valence-electron chi connectivity index (χ1n) is 5.09. The number of ketones is 1. The highest BCUT2D eigenvalue weighted by atomic mass is 19.1. The Morgan fingerprint density at radius 3 is 2.86 bits per heavy atom. The number of nitrogens with zero attached hydrogens (tertiary/aromatic N) is 1.